The van der Waals surface area contributed by atoms with Crippen LogP contribution in [0, 0.1) is 0 Å². The van der Waals surface area contributed by atoms with E-state index >= 15 is 0 Å². The minimum atomic E-state index is 0.134. The number of aromatic hydroxyl groups is 1. The summed E-state index contributed by atoms with van der Waals surface area (Å²) >= 11 is 0. The highest BCUT2D eigenvalue weighted by Gasteiger charge is 2.13. The Kier molecular flexibility index (Phi) is 5.93. The van der Waals surface area contributed by atoms with Gasteiger partial charge in [0, 0.05) is 36.1 Å². The average molecular weight is 381 g/mol. The summed E-state index contributed by atoms with van der Waals surface area (Å²) in [6, 6.07) is 28.3. The molecule has 1 atom stereocenters. The van der Waals surface area contributed by atoms with Crippen LogP contribution in [0.2, 0.25) is 0 Å². The fraction of sp³-hybridized carbons (Fsp3) is 0.120. The third kappa shape index (κ3) is 4.86. The van der Waals surface area contributed by atoms with E-state index < -0.39 is 0 Å². The van der Waals surface area contributed by atoms with Crippen LogP contribution in [0.4, 0.5) is 0 Å². The van der Waals surface area contributed by atoms with Gasteiger partial charge in [0.2, 0.25) is 0 Å². The lowest BCUT2D eigenvalue weighted by Crippen LogP contribution is -2.23. The number of nitrogens with one attached hydrogen (secondary N) is 1. The van der Waals surface area contributed by atoms with Gasteiger partial charge in [0.25, 0.3) is 0 Å². The molecular formula is C25H23N3O. The third-order valence-electron chi connectivity index (χ3n) is 4.93. The molecule has 1 unspecified atom stereocenters. The Balaban J connectivity index is 1.56. The maximum Gasteiger partial charge on any atom is 0.159 e. The summed E-state index contributed by atoms with van der Waals surface area (Å²) in [5, 5.41) is 14.0. The molecule has 0 spiro atoms. The zero-order valence-electron chi connectivity index (χ0n) is 16.1. The molecule has 0 fully saturated rings. The molecule has 144 valence electrons. The van der Waals surface area contributed by atoms with Crippen molar-refractivity contribution in [2.24, 2.45) is 0 Å². The van der Waals surface area contributed by atoms with Gasteiger partial charge in [0.05, 0.1) is 0 Å². The zero-order valence-corrected chi connectivity index (χ0v) is 16.1. The average Bonchev–Trinajstić information content (AvgIpc) is 2.79. The molecule has 0 aliphatic heterocycles. The van der Waals surface area contributed by atoms with Gasteiger partial charge in [-0.15, -0.1) is 0 Å². The predicted molar refractivity (Wildman–Crippen MR) is 115 cm³/mol. The highest BCUT2D eigenvalue weighted by atomic mass is 16.3. The van der Waals surface area contributed by atoms with E-state index in [9.17, 15) is 5.11 Å². The van der Waals surface area contributed by atoms with Gasteiger partial charge in [0.15, 0.2) is 5.82 Å². The molecule has 0 saturated carbocycles. The van der Waals surface area contributed by atoms with Crippen LogP contribution in [-0.4, -0.2) is 15.1 Å². The number of nitrogens with zero attached hydrogens (tertiary/aromatic N) is 2. The summed E-state index contributed by atoms with van der Waals surface area (Å²) in [5.41, 5.74) is 4.20. The summed E-state index contributed by atoms with van der Waals surface area (Å²) in [7, 11) is 0. The largest absolute Gasteiger partial charge is 0.508 e. The standard InChI is InChI=1S/C25H23N3O/c29-24-13-12-21(25-26-14-7-15-27-25)17-22(24)18-28-23(20-10-5-2-6-11-20)16-19-8-3-1-4-9-19/h1-15,17,23,28-29H,16,18H2. The fourth-order valence-electron chi connectivity index (χ4n) is 3.39. The first-order chi connectivity index (χ1) is 14.3. The van der Waals surface area contributed by atoms with E-state index in [1.165, 1.54) is 11.1 Å². The van der Waals surface area contributed by atoms with Crippen molar-refractivity contribution in [3.05, 3.63) is 114 Å². The van der Waals surface area contributed by atoms with Crippen LogP contribution in [0.15, 0.2) is 97.3 Å². The molecule has 0 aliphatic rings. The van der Waals surface area contributed by atoms with E-state index in [0.29, 0.717) is 12.4 Å². The second-order valence-electron chi connectivity index (χ2n) is 6.95. The van der Waals surface area contributed by atoms with Crippen LogP contribution in [-0.2, 0) is 13.0 Å². The van der Waals surface area contributed by atoms with Crippen LogP contribution in [0.1, 0.15) is 22.7 Å². The molecule has 0 saturated heterocycles. The maximum atomic E-state index is 10.4. The van der Waals surface area contributed by atoms with Gasteiger partial charge in [0.1, 0.15) is 5.75 Å². The van der Waals surface area contributed by atoms with Crippen molar-refractivity contribution in [3.8, 4) is 17.1 Å². The van der Waals surface area contributed by atoms with E-state index in [0.717, 1.165) is 17.5 Å². The minimum Gasteiger partial charge on any atom is -0.508 e. The van der Waals surface area contributed by atoms with Crippen LogP contribution >= 0.6 is 0 Å². The number of aromatic nitrogens is 2. The molecule has 4 rings (SSSR count). The number of rotatable bonds is 7. The van der Waals surface area contributed by atoms with Gasteiger partial charge < -0.3 is 10.4 Å². The monoisotopic (exact) mass is 381 g/mol. The molecule has 29 heavy (non-hydrogen) atoms. The summed E-state index contributed by atoms with van der Waals surface area (Å²) in [6.07, 6.45) is 4.31. The lowest BCUT2D eigenvalue weighted by Gasteiger charge is -2.20. The second-order valence-corrected chi connectivity index (χ2v) is 6.95. The first-order valence-corrected chi connectivity index (χ1v) is 9.71. The molecule has 0 aliphatic carbocycles. The van der Waals surface area contributed by atoms with Gasteiger partial charge in [-0.1, -0.05) is 60.7 Å². The Labute approximate surface area is 170 Å². The van der Waals surface area contributed by atoms with Crippen molar-refractivity contribution in [2.45, 2.75) is 19.0 Å². The smallest absolute Gasteiger partial charge is 0.159 e. The van der Waals surface area contributed by atoms with Crippen LogP contribution in [0.25, 0.3) is 11.4 Å². The highest BCUT2D eigenvalue weighted by molar-refractivity contribution is 5.58. The lowest BCUT2D eigenvalue weighted by atomic mass is 9.98. The first kappa shape index (κ1) is 18.8. The lowest BCUT2D eigenvalue weighted by molar-refractivity contribution is 0.456. The fourth-order valence-corrected chi connectivity index (χ4v) is 3.39. The van der Waals surface area contributed by atoms with Crippen molar-refractivity contribution in [3.63, 3.8) is 0 Å². The molecule has 2 N–H and O–H groups in total. The zero-order chi connectivity index (χ0) is 19.9. The normalized spacial score (nSPS) is 11.9. The van der Waals surface area contributed by atoms with Gasteiger partial charge >= 0.3 is 0 Å². The van der Waals surface area contributed by atoms with E-state index in [2.05, 4.69) is 63.8 Å². The number of hydrogen-bond donors (Lipinski definition) is 2. The molecule has 4 nitrogen and oxygen atoms in total. The third-order valence-corrected chi connectivity index (χ3v) is 4.93. The van der Waals surface area contributed by atoms with Crippen molar-refractivity contribution in [1.82, 2.24) is 15.3 Å². The number of phenols is 1. The Morgan fingerprint density at radius 1 is 0.793 bits per heavy atom. The summed E-state index contributed by atoms with van der Waals surface area (Å²) in [5.74, 6) is 0.918. The number of hydrogen-bond acceptors (Lipinski definition) is 4. The Morgan fingerprint density at radius 2 is 1.48 bits per heavy atom. The minimum absolute atomic E-state index is 0.134. The summed E-state index contributed by atoms with van der Waals surface area (Å²) in [4.78, 5) is 8.61. The molecular weight excluding hydrogens is 358 g/mol. The number of benzene rings is 3. The van der Waals surface area contributed by atoms with E-state index in [1.54, 1.807) is 24.5 Å². The summed E-state index contributed by atoms with van der Waals surface area (Å²) < 4.78 is 0. The molecule has 0 amide bonds. The topological polar surface area (TPSA) is 58.0 Å². The Hall–Kier alpha value is -3.50. The summed E-state index contributed by atoms with van der Waals surface area (Å²) in [6.45, 7) is 0.541. The number of phenolic OH excluding ortho intramolecular Hbond substituents is 1. The van der Waals surface area contributed by atoms with Gasteiger partial charge in [-0.25, -0.2) is 9.97 Å². The van der Waals surface area contributed by atoms with Crippen LogP contribution in [0.5, 0.6) is 5.75 Å². The van der Waals surface area contributed by atoms with Gasteiger partial charge in [-0.3, -0.25) is 0 Å². The quantitative estimate of drug-likeness (QED) is 0.477. The van der Waals surface area contributed by atoms with Gasteiger partial charge in [-0.05, 0) is 41.8 Å². The molecule has 1 aromatic heterocycles. The Morgan fingerprint density at radius 3 is 2.21 bits per heavy atom. The molecule has 3 aromatic carbocycles. The predicted octanol–water partition coefficient (Wildman–Crippen LogP) is 4.92. The van der Waals surface area contributed by atoms with Crippen molar-refractivity contribution < 1.29 is 5.11 Å². The molecule has 0 radical (unpaired) electrons. The Bertz CT molecular complexity index is 1040. The van der Waals surface area contributed by atoms with Gasteiger partial charge in [-0.2, -0.15) is 0 Å². The maximum absolute atomic E-state index is 10.4. The van der Waals surface area contributed by atoms with Crippen LogP contribution < -0.4 is 5.32 Å². The molecule has 4 aromatic rings. The first-order valence-electron chi connectivity index (χ1n) is 9.71. The second kappa shape index (κ2) is 9.13. The van der Waals surface area contributed by atoms with Crippen molar-refractivity contribution >= 4 is 0 Å². The highest BCUT2D eigenvalue weighted by Crippen LogP contribution is 2.25. The van der Waals surface area contributed by atoms with E-state index in [4.69, 9.17) is 0 Å². The van der Waals surface area contributed by atoms with E-state index in [1.807, 2.05) is 24.3 Å². The van der Waals surface area contributed by atoms with E-state index in [-0.39, 0.29) is 11.8 Å². The molecule has 4 heteroatoms. The SMILES string of the molecule is Oc1ccc(-c2ncccn2)cc1CNC(Cc1ccccc1)c1ccccc1. The molecule has 0 bridgehead atoms. The molecule has 1 heterocycles. The van der Waals surface area contributed by atoms with Crippen molar-refractivity contribution in [2.75, 3.05) is 0 Å². The van der Waals surface area contributed by atoms with Crippen LogP contribution in [0.3, 0.4) is 0 Å². The van der Waals surface area contributed by atoms with Crippen molar-refractivity contribution in [1.29, 1.82) is 0 Å².